The molecule has 0 bridgehead atoms. The van der Waals surface area contributed by atoms with Gasteiger partial charge in [-0.2, -0.15) is 0 Å². The van der Waals surface area contributed by atoms with Crippen molar-refractivity contribution in [3.63, 3.8) is 0 Å². The molecule has 0 spiro atoms. The van der Waals surface area contributed by atoms with Crippen LogP contribution >= 0.6 is 0 Å². The molecule has 3 heterocycles. The third-order valence-corrected chi connectivity index (χ3v) is 5.96. The van der Waals surface area contributed by atoms with Gasteiger partial charge in [0.05, 0.1) is 12.3 Å². The summed E-state index contributed by atoms with van der Waals surface area (Å²) in [6.45, 7) is 11.0. The van der Waals surface area contributed by atoms with Crippen molar-refractivity contribution in [1.29, 1.82) is 0 Å². The zero-order valence-electron chi connectivity index (χ0n) is 19.5. The van der Waals surface area contributed by atoms with Gasteiger partial charge in [-0.05, 0) is 77.6 Å². The van der Waals surface area contributed by atoms with E-state index in [-0.39, 0.29) is 12.1 Å². The molecule has 0 aromatic carbocycles. The first-order chi connectivity index (χ1) is 14.9. The number of aliphatic imine (C=N–C) groups is 1. The lowest BCUT2D eigenvalue weighted by Crippen LogP contribution is -2.46. The van der Waals surface area contributed by atoms with E-state index in [1.165, 1.54) is 12.8 Å². The van der Waals surface area contributed by atoms with Crippen LogP contribution in [0.2, 0.25) is 0 Å². The summed E-state index contributed by atoms with van der Waals surface area (Å²) < 4.78 is 11.2. The van der Waals surface area contributed by atoms with Crippen molar-refractivity contribution in [3.05, 3.63) is 24.2 Å². The average Bonchev–Trinajstić information content (AvgIpc) is 3.44. The van der Waals surface area contributed by atoms with Crippen LogP contribution in [0.5, 0.6) is 0 Å². The van der Waals surface area contributed by atoms with E-state index in [1.807, 2.05) is 31.7 Å². The van der Waals surface area contributed by atoms with E-state index >= 15 is 0 Å². The minimum absolute atomic E-state index is 0.206. The molecule has 8 nitrogen and oxygen atoms in total. The highest BCUT2D eigenvalue weighted by Crippen LogP contribution is 2.25. The fraction of sp³-hybridized carbons (Fsp3) is 0.739. The van der Waals surface area contributed by atoms with Gasteiger partial charge in [0.25, 0.3) is 0 Å². The number of hydrogen-bond acceptors (Lipinski definition) is 5. The lowest BCUT2D eigenvalue weighted by molar-refractivity contribution is 0.0185. The Balaban J connectivity index is 1.42. The van der Waals surface area contributed by atoms with Crippen molar-refractivity contribution in [3.8, 4) is 0 Å². The van der Waals surface area contributed by atoms with Crippen LogP contribution in [0, 0.1) is 5.92 Å². The second-order valence-electron chi connectivity index (χ2n) is 9.52. The van der Waals surface area contributed by atoms with Gasteiger partial charge < -0.3 is 24.7 Å². The number of rotatable bonds is 6. The molecule has 2 fully saturated rings. The number of nitrogens with one attached hydrogen (secondary N) is 2. The number of hydrogen-bond donors (Lipinski definition) is 2. The van der Waals surface area contributed by atoms with Crippen LogP contribution in [0.25, 0.3) is 0 Å². The molecule has 0 radical (unpaired) electrons. The third kappa shape index (κ3) is 7.16. The van der Waals surface area contributed by atoms with Gasteiger partial charge in [-0.15, -0.1) is 0 Å². The number of piperidine rings is 1. The van der Waals surface area contributed by atoms with Gasteiger partial charge >= 0.3 is 6.09 Å². The lowest BCUT2D eigenvalue weighted by atomic mass is 9.97. The number of ether oxygens (including phenoxy) is 1. The smallest absolute Gasteiger partial charge is 0.410 e. The van der Waals surface area contributed by atoms with Gasteiger partial charge in [0.15, 0.2) is 5.96 Å². The van der Waals surface area contributed by atoms with Gasteiger partial charge in [-0.3, -0.25) is 9.89 Å². The summed E-state index contributed by atoms with van der Waals surface area (Å²) in [5.74, 6) is 2.32. The van der Waals surface area contributed by atoms with E-state index in [9.17, 15) is 4.79 Å². The van der Waals surface area contributed by atoms with Gasteiger partial charge in [0, 0.05) is 33.2 Å². The largest absolute Gasteiger partial charge is 0.468 e. The highest BCUT2D eigenvalue weighted by atomic mass is 16.6. The number of nitrogens with zero attached hydrogens (tertiary/aromatic N) is 3. The van der Waals surface area contributed by atoms with Crippen molar-refractivity contribution in [2.45, 2.75) is 58.1 Å². The van der Waals surface area contributed by atoms with Crippen molar-refractivity contribution >= 4 is 12.1 Å². The molecule has 0 saturated carbocycles. The number of furan rings is 1. The number of amides is 1. The number of guanidine groups is 1. The Morgan fingerprint density at radius 3 is 2.52 bits per heavy atom. The summed E-state index contributed by atoms with van der Waals surface area (Å²) in [5.41, 5.74) is -0.448. The molecule has 1 aromatic rings. The first-order valence-corrected chi connectivity index (χ1v) is 11.6. The zero-order valence-corrected chi connectivity index (χ0v) is 19.5. The van der Waals surface area contributed by atoms with Crippen molar-refractivity contribution in [1.82, 2.24) is 20.4 Å². The fourth-order valence-corrected chi connectivity index (χ4v) is 4.24. The van der Waals surface area contributed by atoms with Gasteiger partial charge in [0.1, 0.15) is 11.4 Å². The summed E-state index contributed by atoms with van der Waals surface area (Å²) in [6, 6.07) is 4.22. The maximum absolute atomic E-state index is 12.2. The zero-order chi connectivity index (χ0) is 22.3. The molecule has 3 rings (SSSR count). The molecule has 174 valence electrons. The predicted molar refractivity (Wildman–Crippen MR) is 122 cm³/mol. The summed E-state index contributed by atoms with van der Waals surface area (Å²) in [6.07, 6.45) is 5.95. The minimum Gasteiger partial charge on any atom is -0.468 e. The average molecular weight is 434 g/mol. The second kappa shape index (κ2) is 10.9. The van der Waals surface area contributed by atoms with Gasteiger partial charge in [-0.1, -0.05) is 0 Å². The first-order valence-electron chi connectivity index (χ1n) is 11.6. The normalized spacial score (nSPS) is 20.0. The molecule has 2 N–H and O–H groups in total. The van der Waals surface area contributed by atoms with E-state index in [4.69, 9.17) is 9.15 Å². The molecule has 1 aromatic heterocycles. The van der Waals surface area contributed by atoms with Crippen molar-refractivity contribution in [2.24, 2.45) is 10.9 Å². The Morgan fingerprint density at radius 1 is 1.23 bits per heavy atom. The molecular formula is C23H39N5O3. The van der Waals surface area contributed by atoms with E-state index in [2.05, 4.69) is 26.6 Å². The third-order valence-electron chi connectivity index (χ3n) is 5.96. The van der Waals surface area contributed by atoms with Crippen LogP contribution in [0.1, 0.15) is 58.3 Å². The summed E-state index contributed by atoms with van der Waals surface area (Å²) in [7, 11) is 1.80. The number of carbonyl (C=O) groups is 1. The molecule has 2 saturated heterocycles. The first kappa shape index (κ1) is 23.4. The SMILES string of the molecule is CN=C(NCC1CCN(C(=O)OC(C)(C)C)CC1)NCC(c1ccco1)N1CCCC1. The van der Waals surface area contributed by atoms with E-state index in [0.29, 0.717) is 5.92 Å². The molecule has 2 aliphatic heterocycles. The standard InChI is InChI=1S/C23H39N5O3/c1-23(2,3)31-22(29)28-13-9-18(10-14-28)16-25-21(24-4)26-17-19(20-8-7-15-30-20)27-11-5-6-12-27/h7-8,15,18-19H,5-6,9-14,16-17H2,1-4H3,(H2,24,25,26). The lowest BCUT2D eigenvalue weighted by Gasteiger charge is -2.33. The Bertz CT molecular complexity index is 699. The van der Waals surface area contributed by atoms with Crippen LogP contribution in [-0.4, -0.2) is 73.8 Å². The number of likely N-dealkylation sites (tertiary alicyclic amines) is 2. The molecule has 1 amide bonds. The van der Waals surface area contributed by atoms with Crippen LogP contribution in [-0.2, 0) is 4.74 Å². The van der Waals surface area contributed by atoms with Crippen molar-refractivity contribution < 1.29 is 13.9 Å². The highest BCUT2D eigenvalue weighted by Gasteiger charge is 2.28. The van der Waals surface area contributed by atoms with E-state index in [0.717, 1.165) is 63.8 Å². The Hall–Kier alpha value is -2.22. The van der Waals surface area contributed by atoms with E-state index in [1.54, 1.807) is 13.3 Å². The van der Waals surface area contributed by atoms with Crippen LogP contribution in [0.3, 0.4) is 0 Å². The molecule has 1 unspecified atom stereocenters. The maximum Gasteiger partial charge on any atom is 0.410 e. The maximum atomic E-state index is 12.2. The molecule has 1 atom stereocenters. The van der Waals surface area contributed by atoms with Crippen LogP contribution < -0.4 is 10.6 Å². The Kier molecular flexibility index (Phi) is 8.23. The Morgan fingerprint density at radius 2 is 1.94 bits per heavy atom. The van der Waals surface area contributed by atoms with Gasteiger partial charge in [0.2, 0.25) is 0 Å². The molecule has 0 aliphatic carbocycles. The highest BCUT2D eigenvalue weighted by molar-refractivity contribution is 5.79. The number of carbonyl (C=O) groups excluding carboxylic acids is 1. The molecular weight excluding hydrogens is 394 g/mol. The minimum atomic E-state index is -0.448. The quantitative estimate of drug-likeness (QED) is 0.529. The summed E-state index contributed by atoms with van der Waals surface area (Å²) in [5, 5.41) is 6.95. The monoisotopic (exact) mass is 433 g/mol. The van der Waals surface area contributed by atoms with Crippen LogP contribution in [0.4, 0.5) is 4.79 Å². The summed E-state index contributed by atoms with van der Waals surface area (Å²) in [4.78, 5) is 20.9. The molecule has 8 heteroatoms. The van der Waals surface area contributed by atoms with Crippen molar-refractivity contribution in [2.75, 3.05) is 46.3 Å². The topological polar surface area (TPSA) is 82.3 Å². The summed E-state index contributed by atoms with van der Waals surface area (Å²) >= 11 is 0. The molecule has 31 heavy (non-hydrogen) atoms. The Labute approximate surface area is 186 Å². The molecule has 2 aliphatic rings. The van der Waals surface area contributed by atoms with Crippen LogP contribution in [0.15, 0.2) is 27.8 Å². The fourth-order valence-electron chi connectivity index (χ4n) is 4.24. The van der Waals surface area contributed by atoms with Gasteiger partial charge in [-0.25, -0.2) is 4.79 Å². The van der Waals surface area contributed by atoms with E-state index < -0.39 is 5.60 Å². The predicted octanol–water partition coefficient (Wildman–Crippen LogP) is 3.23. The second-order valence-corrected chi connectivity index (χ2v) is 9.52.